The summed E-state index contributed by atoms with van der Waals surface area (Å²) in [6.07, 6.45) is 2.05. The van der Waals surface area contributed by atoms with E-state index in [1.807, 2.05) is 54.6 Å². The van der Waals surface area contributed by atoms with Crippen LogP contribution in [0.15, 0.2) is 77.7 Å². The minimum absolute atomic E-state index is 0.0756. The maximum Gasteiger partial charge on any atom is 0.260 e. The molecule has 2 aromatic heterocycles. The molecule has 0 radical (unpaired) electrons. The number of imidazole rings is 1. The predicted molar refractivity (Wildman–Crippen MR) is 104 cm³/mol. The lowest BCUT2D eigenvalue weighted by atomic mass is 10.0. The van der Waals surface area contributed by atoms with Gasteiger partial charge in [-0.2, -0.15) is 0 Å². The zero-order valence-electron chi connectivity index (χ0n) is 14.5. The molecule has 2 aromatic carbocycles. The van der Waals surface area contributed by atoms with E-state index in [4.69, 9.17) is 0 Å². The summed E-state index contributed by atoms with van der Waals surface area (Å²) in [4.78, 5) is 35.0. The molecular weight excluding hydrogens is 340 g/mol. The first-order valence-corrected chi connectivity index (χ1v) is 8.68. The molecule has 0 saturated heterocycles. The highest BCUT2D eigenvalue weighted by Crippen LogP contribution is 2.20. The number of carbonyl (C=O) groups excluding carboxylic acids is 1. The molecule has 1 amide bonds. The molecule has 0 unspecified atom stereocenters. The number of nitrogens with one attached hydrogen (secondary N) is 3. The highest BCUT2D eigenvalue weighted by molar-refractivity contribution is 5.94. The van der Waals surface area contributed by atoms with Gasteiger partial charge in [-0.25, -0.2) is 4.98 Å². The van der Waals surface area contributed by atoms with E-state index in [1.54, 1.807) is 6.07 Å². The molecule has 0 aliphatic heterocycles. The van der Waals surface area contributed by atoms with Crippen LogP contribution in [-0.4, -0.2) is 20.9 Å². The van der Waals surface area contributed by atoms with Crippen molar-refractivity contribution in [1.82, 2.24) is 20.3 Å². The van der Waals surface area contributed by atoms with Gasteiger partial charge in [-0.15, -0.1) is 0 Å². The van der Waals surface area contributed by atoms with E-state index in [0.29, 0.717) is 12.2 Å². The van der Waals surface area contributed by atoms with Gasteiger partial charge in [0.2, 0.25) is 0 Å². The summed E-state index contributed by atoms with van der Waals surface area (Å²) in [5, 5.41) is 2.95. The molecule has 2 heterocycles. The van der Waals surface area contributed by atoms with E-state index < -0.39 is 17.5 Å². The normalized spacial score (nSPS) is 12.0. The van der Waals surface area contributed by atoms with Crippen LogP contribution in [0.25, 0.3) is 11.0 Å². The van der Waals surface area contributed by atoms with Crippen molar-refractivity contribution < 1.29 is 4.79 Å². The Morgan fingerprint density at radius 3 is 2.56 bits per heavy atom. The highest BCUT2D eigenvalue weighted by atomic mass is 16.2. The summed E-state index contributed by atoms with van der Waals surface area (Å²) < 4.78 is 0. The van der Waals surface area contributed by atoms with Crippen molar-refractivity contribution in [3.05, 3.63) is 100 Å². The average molecular weight is 358 g/mol. The fourth-order valence-corrected chi connectivity index (χ4v) is 3.04. The van der Waals surface area contributed by atoms with E-state index in [0.717, 1.165) is 16.6 Å². The number of rotatable bonds is 5. The second-order valence-electron chi connectivity index (χ2n) is 6.27. The van der Waals surface area contributed by atoms with Crippen molar-refractivity contribution in [2.24, 2.45) is 0 Å². The molecule has 4 rings (SSSR count). The lowest BCUT2D eigenvalue weighted by Crippen LogP contribution is -2.34. The van der Waals surface area contributed by atoms with Gasteiger partial charge in [0.1, 0.15) is 11.4 Å². The molecule has 0 aliphatic carbocycles. The quantitative estimate of drug-likeness (QED) is 0.512. The summed E-state index contributed by atoms with van der Waals surface area (Å²) >= 11 is 0. The van der Waals surface area contributed by atoms with E-state index in [1.165, 1.54) is 12.3 Å². The number of carbonyl (C=O) groups is 1. The second-order valence-corrected chi connectivity index (χ2v) is 6.27. The molecule has 0 saturated carbocycles. The molecule has 6 heteroatoms. The molecule has 3 N–H and O–H groups in total. The number of hydrogen-bond donors (Lipinski definition) is 3. The first-order chi connectivity index (χ1) is 13.2. The molecule has 0 bridgehead atoms. The van der Waals surface area contributed by atoms with Gasteiger partial charge in [0.25, 0.3) is 11.5 Å². The van der Waals surface area contributed by atoms with Crippen LogP contribution in [-0.2, 0) is 6.42 Å². The first kappa shape index (κ1) is 16.8. The van der Waals surface area contributed by atoms with E-state index in [-0.39, 0.29) is 5.56 Å². The van der Waals surface area contributed by atoms with Crippen LogP contribution in [0.3, 0.4) is 0 Å². The van der Waals surface area contributed by atoms with Crippen molar-refractivity contribution >= 4 is 16.9 Å². The van der Waals surface area contributed by atoms with Crippen molar-refractivity contribution in [3.63, 3.8) is 0 Å². The summed E-state index contributed by atoms with van der Waals surface area (Å²) in [5.41, 5.74) is 2.45. The fourth-order valence-electron chi connectivity index (χ4n) is 3.04. The largest absolute Gasteiger partial charge is 0.342 e. The van der Waals surface area contributed by atoms with E-state index in [2.05, 4.69) is 20.3 Å². The molecule has 134 valence electrons. The third-order valence-corrected chi connectivity index (χ3v) is 4.39. The number of nitrogens with zero attached hydrogens (tertiary/aromatic N) is 1. The highest BCUT2D eigenvalue weighted by Gasteiger charge is 2.21. The van der Waals surface area contributed by atoms with Crippen molar-refractivity contribution in [2.45, 2.75) is 12.5 Å². The molecule has 1 atom stereocenters. The monoisotopic (exact) mass is 358 g/mol. The van der Waals surface area contributed by atoms with Gasteiger partial charge in [-0.05, 0) is 36.2 Å². The molecular formula is C21H18N4O2. The zero-order valence-corrected chi connectivity index (χ0v) is 14.5. The average Bonchev–Trinajstić information content (AvgIpc) is 3.13. The smallest absolute Gasteiger partial charge is 0.260 e. The van der Waals surface area contributed by atoms with Gasteiger partial charge in [0, 0.05) is 6.20 Å². The van der Waals surface area contributed by atoms with Crippen molar-refractivity contribution in [3.8, 4) is 0 Å². The van der Waals surface area contributed by atoms with Gasteiger partial charge in [-0.1, -0.05) is 42.5 Å². The Kier molecular flexibility index (Phi) is 4.53. The number of para-hydroxylation sites is 2. The van der Waals surface area contributed by atoms with Gasteiger partial charge in [-0.3, -0.25) is 9.59 Å². The summed E-state index contributed by atoms with van der Waals surface area (Å²) in [6, 6.07) is 20.3. The Morgan fingerprint density at radius 2 is 1.78 bits per heavy atom. The Hall–Kier alpha value is -3.67. The number of aromatic amines is 2. The Labute approximate surface area is 155 Å². The van der Waals surface area contributed by atoms with Crippen LogP contribution in [0.1, 0.15) is 27.8 Å². The Morgan fingerprint density at radius 1 is 1.00 bits per heavy atom. The van der Waals surface area contributed by atoms with Crippen LogP contribution >= 0.6 is 0 Å². The number of pyridine rings is 1. The minimum Gasteiger partial charge on any atom is -0.342 e. The SMILES string of the molecule is O=C(N[C@@H](Cc1ccccc1)c1nc2ccccc2[nH]1)c1ccc[nH]c1=O. The van der Waals surface area contributed by atoms with Gasteiger partial charge in [0.15, 0.2) is 0 Å². The Bertz CT molecular complexity index is 1100. The lowest BCUT2D eigenvalue weighted by molar-refractivity contribution is 0.0933. The number of H-pyrrole nitrogens is 2. The minimum atomic E-state index is -0.432. The summed E-state index contributed by atoms with van der Waals surface area (Å²) in [6.45, 7) is 0. The standard InChI is InChI=1S/C21H18N4O2/c26-20-15(9-6-12-22-20)21(27)25-18(13-14-7-2-1-3-8-14)19-23-16-10-4-5-11-17(16)24-19/h1-12,18H,13H2,(H,22,26)(H,23,24)(H,25,27)/t18-/m0/s1. The second kappa shape index (κ2) is 7.29. The van der Waals surface area contributed by atoms with Crippen LogP contribution in [0.4, 0.5) is 0 Å². The number of amides is 1. The van der Waals surface area contributed by atoms with Crippen LogP contribution in [0.5, 0.6) is 0 Å². The van der Waals surface area contributed by atoms with Crippen molar-refractivity contribution in [1.29, 1.82) is 0 Å². The van der Waals surface area contributed by atoms with E-state index >= 15 is 0 Å². The number of hydrogen-bond acceptors (Lipinski definition) is 3. The topological polar surface area (TPSA) is 90.6 Å². The van der Waals surface area contributed by atoms with Gasteiger partial charge in [0.05, 0.1) is 17.1 Å². The van der Waals surface area contributed by atoms with Gasteiger partial charge >= 0.3 is 0 Å². The number of fused-ring (bicyclic) bond motifs is 1. The van der Waals surface area contributed by atoms with Crippen LogP contribution < -0.4 is 10.9 Å². The number of benzene rings is 2. The van der Waals surface area contributed by atoms with Crippen LogP contribution in [0, 0.1) is 0 Å². The van der Waals surface area contributed by atoms with E-state index in [9.17, 15) is 9.59 Å². The van der Waals surface area contributed by atoms with Crippen molar-refractivity contribution in [2.75, 3.05) is 0 Å². The maximum absolute atomic E-state index is 12.7. The van der Waals surface area contributed by atoms with Crippen LogP contribution in [0.2, 0.25) is 0 Å². The summed E-state index contributed by atoms with van der Waals surface area (Å²) in [7, 11) is 0. The molecule has 0 aliphatic rings. The van der Waals surface area contributed by atoms with Gasteiger partial charge < -0.3 is 15.3 Å². The molecule has 6 nitrogen and oxygen atoms in total. The third kappa shape index (κ3) is 3.64. The predicted octanol–water partition coefficient (Wildman–Crippen LogP) is 2.97. The third-order valence-electron chi connectivity index (χ3n) is 4.39. The molecule has 0 fully saturated rings. The zero-order chi connectivity index (χ0) is 18.6. The molecule has 4 aromatic rings. The number of aromatic nitrogens is 3. The lowest BCUT2D eigenvalue weighted by Gasteiger charge is -2.17. The Balaban J connectivity index is 1.68. The first-order valence-electron chi connectivity index (χ1n) is 8.68. The molecule has 0 spiro atoms. The molecule has 27 heavy (non-hydrogen) atoms. The maximum atomic E-state index is 12.7. The fraction of sp³-hybridized carbons (Fsp3) is 0.0952. The summed E-state index contributed by atoms with van der Waals surface area (Å²) in [5.74, 6) is 0.221.